The first-order chi connectivity index (χ1) is 10.1. The van der Waals surface area contributed by atoms with Crippen molar-refractivity contribution in [3.05, 3.63) is 52.1 Å². The van der Waals surface area contributed by atoms with Crippen molar-refractivity contribution in [3.63, 3.8) is 0 Å². The van der Waals surface area contributed by atoms with Crippen LogP contribution in [0.1, 0.15) is 11.4 Å². The maximum atomic E-state index is 14.3. The zero-order valence-corrected chi connectivity index (χ0v) is 13.6. The molecular weight excluding hydrogens is 357 g/mol. The zero-order chi connectivity index (χ0) is 15.0. The van der Waals surface area contributed by atoms with Crippen LogP contribution in [0.15, 0.2) is 34.9 Å². The number of imidazole rings is 1. The molecule has 0 saturated heterocycles. The van der Waals surface area contributed by atoms with Crippen molar-refractivity contribution in [1.29, 1.82) is 0 Å². The number of fused-ring (bicyclic) bond motifs is 1. The third-order valence-electron chi connectivity index (χ3n) is 3.18. The number of pyridine rings is 1. The summed E-state index contributed by atoms with van der Waals surface area (Å²) in [6.07, 6.45) is 2.29. The molecule has 3 aromatic rings. The Balaban J connectivity index is 2.36. The van der Waals surface area contributed by atoms with Crippen LogP contribution < -0.4 is 0 Å². The van der Waals surface area contributed by atoms with E-state index in [-0.39, 0.29) is 5.82 Å². The van der Waals surface area contributed by atoms with Crippen molar-refractivity contribution in [2.45, 2.75) is 13.3 Å². The zero-order valence-electron chi connectivity index (χ0n) is 11.3. The van der Waals surface area contributed by atoms with E-state index in [1.807, 2.05) is 13.0 Å². The summed E-state index contributed by atoms with van der Waals surface area (Å²) in [5, 5.41) is 0. The van der Waals surface area contributed by atoms with Gasteiger partial charge < -0.3 is 0 Å². The molecule has 3 rings (SSSR count). The Labute approximate surface area is 134 Å². The molecule has 3 nitrogen and oxygen atoms in total. The van der Waals surface area contributed by atoms with Gasteiger partial charge in [-0.05, 0) is 46.6 Å². The molecule has 0 fully saturated rings. The minimum absolute atomic E-state index is 0.332. The molecule has 2 aromatic heterocycles. The molecule has 108 valence electrons. The maximum absolute atomic E-state index is 14.3. The second kappa shape index (κ2) is 5.73. The maximum Gasteiger partial charge on any atom is 0.164 e. The highest BCUT2D eigenvalue weighted by Gasteiger charge is 2.18. The van der Waals surface area contributed by atoms with Crippen molar-refractivity contribution >= 4 is 38.7 Å². The van der Waals surface area contributed by atoms with Gasteiger partial charge in [-0.3, -0.25) is 4.57 Å². The van der Waals surface area contributed by atoms with Crippen LogP contribution >= 0.6 is 27.5 Å². The predicted molar refractivity (Wildman–Crippen MR) is 85.7 cm³/mol. The lowest BCUT2D eigenvalue weighted by molar-refractivity contribution is 0.615. The van der Waals surface area contributed by atoms with Crippen LogP contribution in [0.5, 0.6) is 0 Å². The monoisotopic (exact) mass is 367 g/mol. The van der Waals surface area contributed by atoms with Crippen molar-refractivity contribution in [1.82, 2.24) is 14.5 Å². The number of hydrogen-bond donors (Lipinski definition) is 0. The first kappa shape index (κ1) is 14.5. The summed E-state index contributed by atoms with van der Waals surface area (Å²) in [6, 6.07) is 6.81. The van der Waals surface area contributed by atoms with Gasteiger partial charge >= 0.3 is 0 Å². The Morgan fingerprint density at radius 2 is 2.19 bits per heavy atom. The molecule has 6 heteroatoms. The molecular formula is C15H12BrClFN3. The Kier molecular flexibility index (Phi) is 3.95. The Bertz CT molecular complexity index is 796. The molecule has 0 radical (unpaired) electrons. The molecule has 21 heavy (non-hydrogen) atoms. The van der Waals surface area contributed by atoms with Crippen molar-refractivity contribution in [3.8, 4) is 5.69 Å². The summed E-state index contributed by atoms with van der Waals surface area (Å²) in [5.41, 5.74) is 2.80. The molecule has 0 aliphatic rings. The molecule has 1 aromatic carbocycles. The quantitative estimate of drug-likeness (QED) is 0.641. The van der Waals surface area contributed by atoms with Crippen molar-refractivity contribution in [2.75, 3.05) is 5.88 Å². The van der Waals surface area contributed by atoms with Crippen LogP contribution in [0.4, 0.5) is 4.39 Å². The molecule has 0 bridgehead atoms. The van der Waals surface area contributed by atoms with Gasteiger partial charge in [0.1, 0.15) is 17.2 Å². The Morgan fingerprint density at radius 3 is 2.90 bits per heavy atom. The van der Waals surface area contributed by atoms with Crippen LogP contribution in [-0.4, -0.2) is 20.4 Å². The lowest BCUT2D eigenvalue weighted by Gasteiger charge is -2.11. The number of aryl methyl sites for hydroxylation is 2. The molecule has 0 amide bonds. The molecule has 0 atom stereocenters. The minimum Gasteiger partial charge on any atom is -0.277 e. The average Bonchev–Trinajstić information content (AvgIpc) is 2.77. The van der Waals surface area contributed by atoms with E-state index in [2.05, 4.69) is 25.9 Å². The van der Waals surface area contributed by atoms with Crippen LogP contribution in [0.25, 0.3) is 16.9 Å². The van der Waals surface area contributed by atoms with Gasteiger partial charge in [-0.15, -0.1) is 11.6 Å². The van der Waals surface area contributed by atoms with Gasteiger partial charge in [0, 0.05) is 23.0 Å². The van der Waals surface area contributed by atoms with Gasteiger partial charge in [-0.25, -0.2) is 14.4 Å². The van der Waals surface area contributed by atoms with Gasteiger partial charge in [-0.1, -0.05) is 6.07 Å². The first-order valence-electron chi connectivity index (χ1n) is 6.46. The van der Waals surface area contributed by atoms with E-state index in [9.17, 15) is 4.39 Å². The highest BCUT2D eigenvalue weighted by Crippen LogP contribution is 2.29. The normalized spacial score (nSPS) is 11.2. The number of hydrogen-bond acceptors (Lipinski definition) is 2. The molecule has 0 N–H and O–H groups in total. The molecule has 0 unspecified atom stereocenters. The fourth-order valence-electron chi connectivity index (χ4n) is 2.30. The number of nitrogens with zero attached hydrogens (tertiary/aromatic N) is 3. The summed E-state index contributed by atoms with van der Waals surface area (Å²) < 4.78 is 16.7. The Morgan fingerprint density at radius 1 is 1.38 bits per heavy atom. The molecule has 0 saturated carbocycles. The summed E-state index contributed by atoms with van der Waals surface area (Å²) >= 11 is 9.26. The van der Waals surface area contributed by atoms with E-state index < -0.39 is 0 Å². The van der Waals surface area contributed by atoms with Gasteiger partial charge in [-0.2, -0.15) is 0 Å². The van der Waals surface area contributed by atoms with Gasteiger partial charge in [0.25, 0.3) is 0 Å². The number of benzene rings is 1. The summed E-state index contributed by atoms with van der Waals surface area (Å²) in [6.45, 7) is 1.95. The predicted octanol–water partition coefficient (Wildman–Crippen LogP) is 4.41. The smallest absolute Gasteiger partial charge is 0.164 e. The molecule has 2 heterocycles. The second-order valence-electron chi connectivity index (χ2n) is 4.73. The van der Waals surface area contributed by atoms with Crippen LogP contribution in [0.2, 0.25) is 0 Å². The summed E-state index contributed by atoms with van der Waals surface area (Å²) in [7, 11) is 0. The fraction of sp³-hybridized carbons (Fsp3) is 0.200. The molecule has 0 aliphatic carbocycles. The fourth-order valence-corrected chi connectivity index (χ4v) is 2.99. The van der Waals surface area contributed by atoms with Crippen LogP contribution in [0.3, 0.4) is 0 Å². The highest BCUT2D eigenvalue weighted by molar-refractivity contribution is 9.10. The van der Waals surface area contributed by atoms with Crippen LogP contribution in [0, 0.1) is 12.7 Å². The number of halogens is 3. The third-order valence-corrected chi connectivity index (χ3v) is 4.01. The lowest BCUT2D eigenvalue weighted by Crippen LogP contribution is -2.06. The Hall–Kier alpha value is -1.46. The minimum atomic E-state index is -0.332. The molecule has 0 spiro atoms. The summed E-state index contributed by atoms with van der Waals surface area (Å²) in [4.78, 5) is 8.96. The number of alkyl halides is 1. The van der Waals surface area contributed by atoms with Crippen molar-refractivity contribution < 1.29 is 4.39 Å². The highest BCUT2D eigenvalue weighted by atomic mass is 79.9. The van der Waals surface area contributed by atoms with E-state index in [1.54, 1.807) is 22.9 Å². The SMILES string of the molecule is Cc1cnc2c(c1)nc(CCCl)n2-c1c(F)cccc1Br. The van der Waals surface area contributed by atoms with Gasteiger partial charge in [0.2, 0.25) is 0 Å². The van der Waals surface area contributed by atoms with Crippen molar-refractivity contribution in [2.24, 2.45) is 0 Å². The van der Waals surface area contributed by atoms with Gasteiger partial charge in [0.15, 0.2) is 5.65 Å². The van der Waals surface area contributed by atoms with E-state index >= 15 is 0 Å². The largest absolute Gasteiger partial charge is 0.277 e. The topological polar surface area (TPSA) is 30.7 Å². The van der Waals surface area contributed by atoms with E-state index in [4.69, 9.17) is 11.6 Å². The lowest BCUT2D eigenvalue weighted by atomic mass is 10.3. The van der Waals surface area contributed by atoms with E-state index in [0.717, 1.165) is 11.1 Å². The van der Waals surface area contributed by atoms with Gasteiger partial charge in [0.05, 0.1) is 5.69 Å². The van der Waals surface area contributed by atoms with E-state index in [0.29, 0.717) is 33.9 Å². The molecule has 0 aliphatic heterocycles. The number of aromatic nitrogens is 3. The number of rotatable bonds is 3. The van der Waals surface area contributed by atoms with E-state index in [1.165, 1.54) is 6.07 Å². The van der Waals surface area contributed by atoms with Crippen LogP contribution in [-0.2, 0) is 6.42 Å². The standard InChI is InChI=1S/C15H12BrClFN3/c1-9-7-12-15(19-8-9)21(13(20-12)5-6-17)14-10(16)3-2-4-11(14)18/h2-4,7-8H,5-6H2,1H3. The average molecular weight is 369 g/mol. The first-order valence-corrected chi connectivity index (χ1v) is 7.79. The number of para-hydroxylation sites is 1. The third kappa shape index (κ3) is 2.56. The second-order valence-corrected chi connectivity index (χ2v) is 5.96. The summed E-state index contributed by atoms with van der Waals surface area (Å²) in [5.74, 6) is 0.778.